The van der Waals surface area contributed by atoms with Crippen LogP contribution in [-0.4, -0.2) is 11.1 Å². The molecule has 0 aromatic heterocycles. The Morgan fingerprint density at radius 3 is 2.40 bits per heavy atom. The van der Waals surface area contributed by atoms with Gasteiger partial charge in [0.25, 0.3) is 0 Å². The van der Waals surface area contributed by atoms with Crippen LogP contribution >= 0.6 is 0 Å². The van der Waals surface area contributed by atoms with Crippen LogP contribution < -0.4 is 0 Å². The van der Waals surface area contributed by atoms with E-state index in [4.69, 9.17) is 10.4 Å². The van der Waals surface area contributed by atoms with E-state index in [1.165, 1.54) is 6.07 Å². The molecule has 3 nitrogen and oxygen atoms in total. The van der Waals surface area contributed by atoms with Gasteiger partial charge in [-0.2, -0.15) is 6.08 Å². The van der Waals surface area contributed by atoms with Crippen molar-refractivity contribution in [1.82, 2.24) is 0 Å². The maximum atomic E-state index is 10.00. The fourth-order valence-corrected chi connectivity index (χ4v) is 0.340. The molecule has 1 N–H and O–H groups in total. The Bertz CT molecular complexity index is 181. The normalized spacial score (nSPS) is 9.40. The molecule has 0 atom stereocenters. The van der Waals surface area contributed by atoms with Crippen molar-refractivity contribution in [3.05, 3.63) is 11.6 Å². The molecule has 0 aliphatic rings. The topological polar surface area (TPSA) is 61.1 Å². The van der Waals surface area contributed by atoms with Crippen LogP contribution in [0.1, 0.15) is 13.3 Å². The van der Waals surface area contributed by atoms with Gasteiger partial charge in [-0.05, 0) is 5.57 Å². The van der Waals surface area contributed by atoms with Gasteiger partial charge < -0.3 is 9.90 Å². The van der Waals surface area contributed by atoms with Crippen molar-refractivity contribution in [3.8, 4) is 6.07 Å². The summed E-state index contributed by atoms with van der Waals surface area (Å²) in [6.07, 6.45) is 2.84. The van der Waals surface area contributed by atoms with Crippen molar-refractivity contribution in [2.45, 2.75) is 13.3 Å². The molecular weight excluding hydrogens is 207 g/mol. The Labute approximate surface area is 84.6 Å². The second-order valence-electron chi connectivity index (χ2n) is 1.32. The maximum absolute atomic E-state index is 10.00. The molecule has 0 spiro atoms. The first-order valence-electron chi connectivity index (χ1n) is 2.46. The van der Waals surface area contributed by atoms with E-state index in [0.717, 1.165) is 0 Å². The van der Waals surface area contributed by atoms with Crippen molar-refractivity contribution in [3.63, 3.8) is 0 Å². The van der Waals surface area contributed by atoms with Gasteiger partial charge >= 0.3 is 0 Å². The molecule has 10 heavy (non-hydrogen) atoms. The standard InChI is InChI=1S/C6H6NO2.Y/c1-2-3-5(4-7)6(8)9;/h2H2,1H3,(H,8,9);/q-1;. The molecule has 0 bridgehead atoms. The summed E-state index contributed by atoms with van der Waals surface area (Å²) in [6, 6.07) is 1.51. The van der Waals surface area contributed by atoms with E-state index in [1.807, 2.05) is 0 Å². The van der Waals surface area contributed by atoms with Gasteiger partial charge in [-0.3, -0.25) is 5.26 Å². The molecule has 1 radical (unpaired) electrons. The Morgan fingerprint density at radius 2 is 2.30 bits per heavy atom. The van der Waals surface area contributed by atoms with Gasteiger partial charge in [-0.1, -0.05) is 19.4 Å². The van der Waals surface area contributed by atoms with E-state index >= 15 is 0 Å². The van der Waals surface area contributed by atoms with Crippen molar-refractivity contribution in [2.75, 3.05) is 0 Å². The second-order valence-corrected chi connectivity index (χ2v) is 1.32. The summed E-state index contributed by atoms with van der Waals surface area (Å²) in [5, 5.41) is 16.3. The molecule has 0 aromatic carbocycles. The summed E-state index contributed by atoms with van der Waals surface area (Å²) in [6.45, 7) is 1.72. The number of aliphatic carboxylic acids is 1. The predicted octanol–water partition coefficient (Wildman–Crippen LogP) is 0.732. The minimum atomic E-state index is -1.21. The van der Waals surface area contributed by atoms with Crippen LogP contribution in [0.25, 0.3) is 0 Å². The van der Waals surface area contributed by atoms with E-state index in [-0.39, 0.29) is 38.3 Å². The number of hydrogen-bond donors (Lipinski definition) is 1. The minimum absolute atomic E-state index is 0. The van der Waals surface area contributed by atoms with Crippen molar-refractivity contribution in [2.24, 2.45) is 0 Å². The van der Waals surface area contributed by atoms with Crippen LogP contribution in [-0.2, 0) is 37.5 Å². The summed E-state index contributed by atoms with van der Waals surface area (Å²) in [5.74, 6) is -1.21. The quantitative estimate of drug-likeness (QED) is 0.417. The van der Waals surface area contributed by atoms with Gasteiger partial charge in [0.2, 0.25) is 5.97 Å². The molecule has 0 saturated heterocycles. The molecule has 0 rings (SSSR count). The number of rotatable bonds is 2. The largest absolute Gasteiger partial charge is 0.535 e. The molecule has 0 saturated carbocycles. The summed E-state index contributed by atoms with van der Waals surface area (Å²) in [5.41, 5.74) is -0.308. The van der Waals surface area contributed by atoms with Gasteiger partial charge in [0.05, 0.1) is 0 Å². The van der Waals surface area contributed by atoms with Crippen molar-refractivity contribution < 1.29 is 42.6 Å². The average Bonchev–Trinajstić information content (AvgIpc) is 1.82. The van der Waals surface area contributed by atoms with Crippen molar-refractivity contribution >= 4 is 5.97 Å². The molecule has 0 aliphatic heterocycles. The third-order valence-electron chi connectivity index (χ3n) is 0.679. The van der Waals surface area contributed by atoms with Gasteiger partial charge in [0.15, 0.2) is 0 Å². The zero-order valence-electron chi connectivity index (χ0n) is 5.59. The van der Waals surface area contributed by atoms with E-state index in [1.54, 1.807) is 6.92 Å². The Balaban J connectivity index is 0. The van der Waals surface area contributed by atoms with Crippen LogP contribution in [0.3, 0.4) is 0 Å². The molecule has 4 heteroatoms. The number of allylic oxidation sites excluding steroid dienone is 1. The summed E-state index contributed by atoms with van der Waals surface area (Å²) < 4.78 is 0. The maximum Gasteiger partial charge on any atom is 0.225 e. The van der Waals surface area contributed by atoms with Gasteiger partial charge in [-0.25, -0.2) is 0 Å². The number of hydrogen-bond acceptors (Lipinski definition) is 2. The SMILES string of the molecule is CC[C-]=C(C#N)C(=O)O.[Y]. The Morgan fingerprint density at radius 1 is 1.80 bits per heavy atom. The van der Waals surface area contributed by atoms with E-state index in [2.05, 4.69) is 6.08 Å². The Hall–Kier alpha value is -0.196. The summed E-state index contributed by atoms with van der Waals surface area (Å²) in [7, 11) is 0. The fourth-order valence-electron chi connectivity index (χ4n) is 0.340. The average molecular weight is 213 g/mol. The summed E-state index contributed by atoms with van der Waals surface area (Å²) >= 11 is 0. The van der Waals surface area contributed by atoms with E-state index in [9.17, 15) is 4.79 Å². The molecular formula is C6H6NO2Y-. The van der Waals surface area contributed by atoms with Crippen LogP contribution in [0.15, 0.2) is 5.57 Å². The second kappa shape index (κ2) is 6.92. The monoisotopic (exact) mass is 213 g/mol. The first-order chi connectivity index (χ1) is 4.22. The zero-order valence-corrected chi connectivity index (χ0v) is 8.43. The molecule has 0 aromatic rings. The van der Waals surface area contributed by atoms with Crippen LogP contribution in [0.4, 0.5) is 0 Å². The minimum Gasteiger partial charge on any atom is -0.535 e. The van der Waals surface area contributed by atoms with E-state index < -0.39 is 5.97 Å². The Kier molecular flexibility index (Phi) is 8.63. The number of carboxylic acid groups (broad SMARTS) is 1. The number of carbonyl (C=O) groups is 1. The van der Waals surface area contributed by atoms with E-state index in [0.29, 0.717) is 6.42 Å². The molecule has 0 heterocycles. The molecule has 0 amide bonds. The molecule has 0 aliphatic carbocycles. The van der Waals surface area contributed by atoms with Gasteiger partial charge in [0.1, 0.15) is 0 Å². The zero-order chi connectivity index (χ0) is 7.28. The number of carboxylic acids is 1. The fraction of sp³-hybridized carbons (Fsp3) is 0.333. The van der Waals surface area contributed by atoms with Crippen LogP contribution in [0.2, 0.25) is 0 Å². The van der Waals surface area contributed by atoms with Gasteiger partial charge in [-0.15, -0.1) is 0 Å². The van der Waals surface area contributed by atoms with Crippen molar-refractivity contribution in [1.29, 1.82) is 5.26 Å². The molecule has 51 valence electrons. The predicted molar refractivity (Wildman–Crippen MR) is 30.3 cm³/mol. The third kappa shape index (κ3) is 4.66. The van der Waals surface area contributed by atoms with Gasteiger partial charge in [0, 0.05) is 32.7 Å². The smallest absolute Gasteiger partial charge is 0.225 e. The van der Waals surface area contributed by atoms with Crippen LogP contribution in [0.5, 0.6) is 0 Å². The third-order valence-corrected chi connectivity index (χ3v) is 0.679. The molecule has 0 unspecified atom stereocenters. The molecule has 0 fully saturated rings. The summed E-state index contributed by atoms with van der Waals surface area (Å²) in [4.78, 5) is 10.00. The number of nitrogens with zero attached hydrogens (tertiary/aromatic N) is 1. The van der Waals surface area contributed by atoms with Crippen LogP contribution in [0, 0.1) is 17.4 Å². The first kappa shape index (κ1) is 12.5. The first-order valence-corrected chi connectivity index (χ1v) is 2.46. The number of nitriles is 1.